The normalized spacial score (nSPS) is 12.9. The quantitative estimate of drug-likeness (QED) is 0.420. The van der Waals surface area contributed by atoms with Crippen LogP contribution in [0.1, 0.15) is 55.8 Å². The fourth-order valence-electron chi connectivity index (χ4n) is 4.21. The fraction of sp³-hybridized carbons (Fsp3) is 0.222. The first kappa shape index (κ1) is 24.5. The lowest BCUT2D eigenvalue weighted by atomic mass is 9.84. The highest BCUT2D eigenvalue weighted by molar-refractivity contribution is 7.89. The number of anilines is 1. The zero-order valence-electron chi connectivity index (χ0n) is 19.8. The van der Waals surface area contributed by atoms with Crippen LogP contribution in [-0.2, 0) is 14.8 Å². The average molecular weight is 491 g/mol. The molecular formula is C27H26N2O5S. The lowest BCUT2D eigenvalue weighted by Gasteiger charge is -2.20. The Balaban J connectivity index is 1.45. The molecule has 4 rings (SSSR count). The number of benzene rings is 3. The number of aryl methyl sites for hydroxylation is 2. The SMILES string of the molecule is Cc1cccc(C)c1NC(=O)CCCN(C)S(=O)(=O)c1ccc2c(c1)C(=O)c1ccccc1C2=O. The van der Waals surface area contributed by atoms with E-state index in [0.29, 0.717) is 12.0 Å². The Morgan fingerprint density at radius 1 is 0.829 bits per heavy atom. The van der Waals surface area contributed by atoms with Gasteiger partial charge in [-0.2, -0.15) is 0 Å². The minimum atomic E-state index is -3.92. The van der Waals surface area contributed by atoms with E-state index in [1.54, 1.807) is 24.3 Å². The summed E-state index contributed by atoms with van der Waals surface area (Å²) in [6.07, 6.45) is 0.476. The molecule has 35 heavy (non-hydrogen) atoms. The zero-order chi connectivity index (χ0) is 25.3. The number of fused-ring (bicyclic) bond motifs is 2. The second-order valence-electron chi connectivity index (χ2n) is 8.66. The van der Waals surface area contributed by atoms with Gasteiger partial charge in [0.05, 0.1) is 4.90 Å². The molecule has 1 amide bonds. The van der Waals surface area contributed by atoms with E-state index < -0.39 is 10.0 Å². The second-order valence-corrected chi connectivity index (χ2v) is 10.7. The largest absolute Gasteiger partial charge is 0.326 e. The van der Waals surface area contributed by atoms with Crippen molar-refractivity contribution in [2.24, 2.45) is 0 Å². The van der Waals surface area contributed by atoms with Crippen molar-refractivity contribution in [3.8, 4) is 0 Å². The Labute approximate surface area is 204 Å². The molecule has 0 atom stereocenters. The molecule has 0 saturated carbocycles. The van der Waals surface area contributed by atoms with Gasteiger partial charge in [-0.15, -0.1) is 0 Å². The number of sulfonamides is 1. The first-order chi connectivity index (χ1) is 16.6. The van der Waals surface area contributed by atoms with Crippen molar-refractivity contribution in [2.45, 2.75) is 31.6 Å². The maximum absolute atomic E-state index is 13.1. The third kappa shape index (κ3) is 4.67. The van der Waals surface area contributed by atoms with Crippen LogP contribution in [-0.4, -0.2) is 43.8 Å². The van der Waals surface area contributed by atoms with E-state index in [2.05, 4.69) is 5.32 Å². The van der Waals surface area contributed by atoms with Crippen LogP contribution in [0.4, 0.5) is 5.69 Å². The molecule has 0 saturated heterocycles. The third-order valence-electron chi connectivity index (χ3n) is 6.23. The standard InChI is InChI=1S/C27H26N2O5S/c1-17-8-6-9-18(2)25(17)28-24(30)12-7-15-29(3)35(33,34)19-13-14-22-23(16-19)27(32)21-11-5-4-10-20(21)26(22)31/h4-6,8-11,13-14,16H,7,12,15H2,1-3H3,(H,28,30). The molecule has 0 bridgehead atoms. The summed E-state index contributed by atoms with van der Waals surface area (Å²) in [5.74, 6) is -0.870. The summed E-state index contributed by atoms with van der Waals surface area (Å²) >= 11 is 0. The number of ketones is 2. The number of hydrogen-bond donors (Lipinski definition) is 1. The van der Waals surface area contributed by atoms with Crippen LogP contribution >= 0.6 is 0 Å². The Kier molecular flexibility index (Phi) is 6.69. The van der Waals surface area contributed by atoms with Gasteiger partial charge in [-0.3, -0.25) is 14.4 Å². The summed E-state index contributed by atoms with van der Waals surface area (Å²) in [6, 6.07) is 16.3. The maximum atomic E-state index is 13.1. The lowest BCUT2D eigenvalue weighted by molar-refractivity contribution is -0.116. The maximum Gasteiger partial charge on any atom is 0.242 e. The monoisotopic (exact) mass is 490 g/mol. The van der Waals surface area contributed by atoms with Gasteiger partial charge in [0, 0.05) is 48.0 Å². The van der Waals surface area contributed by atoms with E-state index in [1.165, 1.54) is 25.2 Å². The van der Waals surface area contributed by atoms with E-state index in [1.807, 2.05) is 32.0 Å². The molecule has 1 aliphatic carbocycles. The third-order valence-corrected chi connectivity index (χ3v) is 8.08. The minimum Gasteiger partial charge on any atom is -0.326 e. The molecule has 180 valence electrons. The summed E-state index contributed by atoms with van der Waals surface area (Å²) < 4.78 is 27.4. The van der Waals surface area contributed by atoms with Gasteiger partial charge in [0.25, 0.3) is 0 Å². The van der Waals surface area contributed by atoms with Crippen LogP contribution < -0.4 is 5.32 Å². The minimum absolute atomic E-state index is 0.0701. The van der Waals surface area contributed by atoms with E-state index in [4.69, 9.17) is 0 Å². The molecule has 0 fully saturated rings. The van der Waals surface area contributed by atoms with Gasteiger partial charge < -0.3 is 5.32 Å². The van der Waals surface area contributed by atoms with Crippen LogP contribution in [0.3, 0.4) is 0 Å². The predicted octanol–water partition coefficient (Wildman–Crippen LogP) is 4.12. The number of rotatable bonds is 7. The zero-order valence-corrected chi connectivity index (χ0v) is 20.6. The van der Waals surface area contributed by atoms with Crippen molar-refractivity contribution >= 4 is 33.2 Å². The Hall–Kier alpha value is -3.62. The van der Waals surface area contributed by atoms with Crippen molar-refractivity contribution in [1.29, 1.82) is 0 Å². The molecule has 0 radical (unpaired) electrons. The Bertz CT molecular complexity index is 1440. The molecule has 3 aromatic carbocycles. The summed E-state index contributed by atoms with van der Waals surface area (Å²) in [5.41, 5.74) is 3.55. The molecule has 0 aromatic heterocycles. The first-order valence-electron chi connectivity index (χ1n) is 11.3. The number of carbonyl (C=O) groups is 3. The molecule has 8 heteroatoms. The van der Waals surface area contributed by atoms with Crippen LogP contribution in [0.5, 0.6) is 0 Å². The molecule has 1 aliphatic rings. The molecule has 3 aromatic rings. The fourth-order valence-corrected chi connectivity index (χ4v) is 5.45. The summed E-state index contributed by atoms with van der Waals surface area (Å²) in [5, 5.41) is 2.90. The number of hydrogen-bond acceptors (Lipinski definition) is 5. The van der Waals surface area contributed by atoms with E-state index in [-0.39, 0.29) is 52.0 Å². The Morgan fingerprint density at radius 3 is 2.03 bits per heavy atom. The van der Waals surface area contributed by atoms with E-state index in [0.717, 1.165) is 21.1 Å². The topological polar surface area (TPSA) is 101 Å². The van der Waals surface area contributed by atoms with Crippen LogP contribution in [0, 0.1) is 13.8 Å². The van der Waals surface area contributed by atoms with Crippen LogP contribution in [0.15, 0.2) is 65.6 Å². The molecule has 7 nitrogen and oxygen atoms in total. The van der Waals surface area contributed by atoms with Crippen molar-refractivity contribution in [1.82, 2.24) is 4.31 Å². The van der Waals surface area contributed by atoms with Gasteiger partial charge in [0.2, 0.25) is 15.9 Å². The summed E-state index contributed by atoms with van der Waals surface area (Å²) in [6.45, 7) is 3.95. The van der Waals surface area contributed by atoms with Crippen molar-refractivity contribution in [3.05, 3.63) is 94.0 Å². The second kappa shape index (κ2) is 9.56. The number of para-hydroxylation sites is 1. The summed E-state index contributed by atoms with van der Waals surface area (Å²) in [7, 11) is -2.49. The number of nitrogens with zero attached hydrogens (tertiary/aromatic N) is 1. The highest BCUT2D eigenvalue weighted by atomic mass is 32.2. The highest BCUT2D eigenvalue weighted by Crippen LogP contribution is 2.29. The molecule has 0 unspecified atom stereocenters. The van der Waals surface area contributed by atoms with E-state index in [9.17, 15) is 22.8 Å². The summed E-state index contributed by atoms with van der Waals surface area (Å²) in [4.78, 5) is 38.0. The number of nitrogens with one attached hydrogen (secondary N) is 1. The van der Waals surface area contributed by atoms with Crippen LogP contribution in [0.25, 0.3) is 0 Å². The van der Waals surface area contributed by atoms with Crippen LogP contribution in [0.2, 0.25) is 0 Å². The van der Waals surface area contributed by atoms with Gasteiger partial charge in [0.1, 0.15) is 0 Å². The lowest BCUT2D eigenvalue weighted by Crippen LogP contribution is -2.29. The molecular weight excluding hydrogens is 464 g/mol. The van der Waals surface area contributed by atoms with Crippen molar-refractivity contribution < 1.29 is 22.8 Å². The van der Waals surface area contributed by atoms with Gasteiger partial charge in [-0.05, 0) is 49.6 Å². The van der Waals surface area contributed by atoms with Gasteiger partial charge in [0.15, 0.2) is 11.6 Å². The van der Waals surface area contributed by atoms with Gasteiger partial charge >= 0.3 is 0 Å². The van der Waals surface area contributed by atoms with Gasteiger partial charge in [-0.25, -0.2) is 12.7 Å². The molecule has 0 spiro atoms. The Morgan fingerprint density at radius 2 is 1.40 bits per heavy atom. The first-order valence-corrected chi connectivity index (χ1v) is 12.7. The van der Waals surface area contributed by atoms with Crippen molar-refractivity contribution in [2.75, 3.05) is 18.9 Å². The highest BCUT2D eigenvalue weighted by Gasteiger charge is 2.31. The number of carbonyl (C=O) groups excluding carboxylic acids is 3. The predicted molar refractivity (Wildman–Crippen MR) is 133 cm³/mol. The van der Waals surface area contributed by atoms with Gasteiger partial charge in [-0.1, -0.05) is 42.5 Å². The molecule has 0 heterocycles. The molecule has 1 N–H and O–H groups in total. The molecule has 0 aliphatic heterocycles. The van der Waals surface area contributed by atoms with Crippen molar-refractivity contribution in [3.63, 3.8) is 0 Å². The number of amides is 1. The average Bonchev–Trinajstić information content (AvgIpc) is 2.84. The smallest absolute Gasteiger partial charge is 0.242 e. The van der Waals surface area contributed by atoms with E-state index >= 15 is 0 Å².